The van der Waals surface area contributed by atoms with Gasteiger partial charge >= 0.3 is 0 Å². The van der Waals surface area contributed by atoms with Crippen LogP contribution in [0.2, 0.25) is 0 Å². The molecule has 28 heavy (non-hydrogen) atoms. The molecule has 2 N–H and O–H groups in total. The van der Waals surface area contributed by atoms with Gasteiger partial charge in [0.1, 0.15) is 5.69 Å². The molecular weight excluding hydrogens is 354 g/mol. The zero-order valence-corrected chi connectivity index (χ0v) is 16.4. The second-order valence-corrected chi connectivity index (χ2v) is 6.98. The number of carbonyl (C=O) groups excluding carboxylic acids is 2. The van der Waals surface area contributed by atoms with Crippen molar-refractivity contribution >= 4 is 23.2 Å². The van der Waals surface area contributed by atoms with E-state index in [1.807, 2.05) is 31.2 Å². The molecule has 2 amide bonds. The van der Waals surface area contributed by atoms with Crippen LogP contribution in [0, 0.1) is 0 Å². The van der Waals surface area contributed by atoms with Crippen LogP contribution >= 0.6 is 0 Å². The highest BCUT2D eigenvalue weighted by atomic mass is 16.2. The predicted molar refractivity (Wildman–Crippen MR) is 111 cm³/mol. The zero-order valence-electron chi connectivity index (χ0n) is 16.4. The van der Waals surface area contributed by atoms with Gasteiger partial charge in [-0.3, -0.25) is 14.6 Å². The Bertz CT molecular complexity index is 814. The Labute approximate surface area is 165 Å². The third kappa shape index (κ3) is 5.07. The summed E-state index contributed by atoms with van der Waals surface area (Å²) < 4.78 is 0. The van der Waals surface area contributed by atoms with Gasteiger partial charge in [0.05, 0.1) is 0 Å². The van der Waals surface area contributed by atoms with Gasteiger partial charge in [-0.1, -0.05) is 6.92 Å². The molecule has 7 nitrogen and oxygen atoms in total. The fraction of sp³-hybridized carbons (Fsp3) is 0.381. The number of pyridine rings is 1. The van der Waals surface area contributed by atoms with E-state index in [-0.39, 0.29) is 17.5 Å². The molecule has 2 heterocycles. The molecule has 1 aromatic carbocycles. The van der Waals surface area contributed by atoms with Crippen LogP contribution in [0.15, 0.2) is 42.6 Å². The summed E-state index contributed by atoms with van der Waals surface area (Å²) in [7, 11) is 2.13. The Morgan fingerprint density at radius 1 is 1.04 bits per heavy atom. The molecule has 1 aliphatic heterocycles. The van der Waals surface area contributed by atoms with Crippen LogP contribution in [0.25, 0.3) is 0 Å². The lowest BCUT2D eigenvalue weighted by atomic mass is 10.2. The van der Waals surface area contributed by atoms with Crippen LogP contribution in [0.3, 0.4) is 0 Å². The van der Waals surface area contributed by atoms with E-state index in [9.17, 15) is 9.59 Å². The van der Waals surface area contributed by atoms with E-state index < -0.39 is 0 Å². The van der Waals surface area contributed by atoms with Crippen LogP contribution in [-0.4, -0.2) is 61.5 Å². The molecule has 2 aromatic rings. The number of likely N-dealkylation sites (N-methyl/N-ethyl adjacent to an activating group) is 1. The van der Waals surface area contributed by atoms with Crippen molar-refractivity contribution in [3.8, 4) is 0 Å². The third-order valence-electron chi connectivity index (χ3n) is 4.78. The summed E-state index contributed by atoms with van der Waals surface area (Å²) in [6, 6.07) is 11.0. The number of piperazine rings is 1. The maximum atomic E-state index is 12.5. The van der Waals surface area contributed by atoms with Gasteiger partial charge in [0.15, 0.2) is 0 Å². The second-order valence-electron chi connectivity index (χ2n) is 6.98. The van der Waals surface area contributed by atoms with E-state index in [0.717, 1.165) is 44.0 Å². The largest absolute Gasteiger partial charge is 0.369 e. The lowest BCUT2D eigenvalue weighted by Gasteiger charge is -2.34. The molecule has 1 aliphatic rings. The van der Waals surface area contributed by atoms with Gasteiger partial charge in [0, 0.05) is 55.9 Å². The molecule has 3 rings (SSSR count). The minimum absolute atomic E-state index is 0.242. The second kappa shape index (κ2) is 9.32. The highest BCUT2D eigenvalue weighted by molar-refractivity contribution is 6.05. The molecule has 0 bridgehead atoms. The van der Waals surface area contributed by atoms with Crippen molar-refractivity contribution in [3.63, 3.8) is 0 Å². The van der Waals surface area contributed by atoms with E-state index in [0.29, 0.717) is 12.1 Å². The molecule has 1 fully saturated rings. The van der Waals surface area contributed by atoms with Crippen molar-refractivity contribution in [3.05, 3.63) is 53.9 Å². The number of nitrogens with zero attached hydrogens (tertiary/aromatic N) is 3. The standard InChI is InChI=1S/C21H27N5O2/c1-3-9-23-21(28)19-15-16(8-10-22-19)20(27)24-17-4-6-18(7-5-17)26-13-11-25(2)12-14-26/h4-8,10,15H,3,9,11-14H2,1-2H3,(H,23,28)(H,24,27). The van der Waals surface area contributed by atoms with Crippen LogP contribution in [0.1, 0.15) is 34.2 Å². The summed E-state index contributed by atoms with van der Waals surface area (Å²) in [6.07, 6.45) is 2.32. The lowest BCUT2D eigenvalue weighted by molar-refractivity contribution is 0.0948. The molecule has 0 radical (unpaired) electrons. The summed E-state index contributed by atoms with van der Waals surface area (Å²) in [4.78, 5) is 33.3. The van der Waals surface area contributed by atoms with Crippen LogP contribution in [-0.2, 0) is 0 Å². The summed E-state index contributed by atoms with van der Waals surface area (Å²) in [5.41, 5.74) is 2.52. The van der Waals surface area contributed by atoms with Gasteiger partial charge in [-0.2, -0.15) is 0 Å². The highest BCUT2D eigenvalue weighted by Gasteiger charge is 2.15. The Kier molecular flexibility index (Phi) is 6.60. The minimum atomic E-state index is -0.270. The fourth-order valence-electron chi connectivity index (χ4n) is 3.05. The topological polar surface area (TPSA) is 77.6 Å². The molecular formula is C21H27N5O2. The highest BCUT2D eigenvalue weighted by Crippen LogP contribution is 2.20. The van der Waals surface area contributed by atoms with Crippen LogP contribution < -0.4 is 15.5 Å². The fourth-order valence-corrected chi connectivity index (χ4v) is 3.05. The first-order valence-electron chi connectivity index (χ1n) is 9.66. The number of carbonyl (C=O) groups is 2. The SMILES string of the molecule is CCCNC(=O)c1cc(C(=O)Nc2ccc(N3CCN(C)CC3)cc2)ccn1. The molecule has 1 aromatic heterocycles. The summed E-state index contributed by atoms with van der Waals surface area (Å²) in [5, 5.41) is 5.64. The molecule has 0 spiro atoms. The quantitative estimate of drug-likeness (QED) is 0.802. The molecule has 0 unspecified atom stereocenters. The molecule has 0 aliphatic carbocycles. The van der Waals surface area contributed by atoms with Crippen LogP contribution in [0.4, 0.5) is 11.4 Å². The monoisotopic (exact) mass is 381 g/mol. The maximum absolute atomic E-state index is 12.5. The van der Waals surface area contributed by atoms with Crippen molar-refractivity contribution in [1.29, 1.82) is 0 Å². The third-order valence-corrected chi connectivity index (χ3v) is 4.78. The number of benzene rings is 1. The number of rotatable bonds is 6. The molecule has 0 saturated carbocycles. The lowest BCUT2D eigenvalue weighted by Crippen LogP contribution is -2.44. The van der Waals surface area contributed by atoms with E-state index in [1.54, 1.807) is 6.07 Å². The summed E-state index contributed by atoms with van der Waals surface area (Å²) in [5.74, 6) is -0.535. The van der Waals surface area contributed by atoms with Crippen molar-refractivity contribution in [2.75, 3.05) is 50.0 Å². The molecule has 1 saturated heterocycles. The van der Waals surface area contributed by atoms with E-state index in [2.05, 4.69) is 32.5 Å². The van der Waals surface area contributed by atoms with E-state index >= 15 is 0 Å². The Hall–Kier alpha value is -2.93. The van der Waals surface area contributed by atoms with Gasteiger partial charge in [0.2, 0.25) is 0 Å². The minimum Gasteiger partial charge on any atom is -0.369 e. The predicted octanol–water partition coefficient (Wildman–Crippen LogP) is 2.23. The van der Waals surface area contributed by atoms with Crippen molar-refractivity contribution in [2.45, 2.75) is 13.3 Å². The van der Waals surface area contributed by atoms with Gasteiger partial charge in [-0.05, 0) is 49.9 Å². The normalized spacial score (nSPS) is 14.6. The average Bonchev–Trinajstić information content (AvgIpc) is 2.73. The Morgan fingerprint density at radius 3 is 2.43 bits per heavy atom. The first kappa shape index (κ1) is 19.8. The number of hydrogen-bond acceptors (Lipinski definition) is 5. The van der Waals surface area contributed by atoms with E-state index in [1.165, 1.54) is 12.3 Å². The zero-order chi connectivity index (χ0) is 19.9. The summed E-state index contributed by atoms with van der Waals surface area (Å²) >= 11 is 0. The van der Waals surface area contributed by atoms with Gasteiger partial charge < -0.3 is 20.4 Å². The average molecular weight is 381 g/mol. The smallest absolute Gasteiger partial charge is 0.269 e. The van der Waals surface area contributed by atoms with Gasteiger partial charge in [-0.15, -0.1) is 0 Å². The first-order chi connectivity index (χ1) is 13.6. The van der Waals surface area contributed by atoms with Crippen molar-refractivity contribution in [1.82, 2.24) is 15.2 Å². The van der Waals surface area contributed by atoms with E-state index in [4.69, 9.17) is 0 Å². The van der Waals surface area contributed by atoms with Crippen molar-refractivity contribution < 1.29 is 9.59 Å². The van der Waals surface area contributed by atoms with Gasteiger partial charge in [0.25, 0.3) is 11.8 Å². The molecule has 148 valence electrons. The Morgan fingerprint density at radius 2 is 1.75 bits per heavy atom. The number of hydrogen-bond donors (Lipinski definition) is 2. The molecule has 0 atom stereocenters. The number of anilines is 2. The number of amides is 2. The number of aromatic nitrogens is 1. The maximum Gasteiger partial charge on any atom is 0.269 e. The Balaban J connectivity index is 1.62. The summed E-state index contributed by atoms with van der Waals surface area (Å²) in [6.45, 7) is 6.66. The van der Waals surface area contributed by atoms with Crippen LogP contribution in [0.5, 0.6) is 0 Å². The van der Waals surface area contributed by atoms with Gasteiger partial charge in [-0.25, -0.2) is 0 Å². The molecule has 7 heteroatoms. The first-order valence-corrected chi connectivity index (χ1v) is 9.66. The number of nitrogens with one attached hydrogen (secondary N) is 2. The van der Waals surface area contributed by atoms with Crippen molar-refractivity contribution in [2.24, 2.45) is 0 Å².